The number of amides is 1. The summed E-state index contributed by atoms with van der Waals surface area (Å²) in [6, 6.07) is 5.75. The third-order valence-electron chi connectivity index (χ3n) is 6.49. The van der Waals surface area contributed by atoms with Gasteiger partial charge in [-0.25, -0.2) is 9.97 Å². The Morgan fingerprint density at radius 1 is 1.14 bits per heavy atom. The molecule has 0 radical (unpaired) electrons. The number of nitrogens with one attached hydrogen (secondary N) is 1. The summed E-state index contributed by atoms with van der Waals surface area (Å²) < 4.78 is 41.2. The van der Waals surface area contributed by atoms with Crippen LogP contribution in [-0.4, -0.2) is 89.6 Å². The van der Waals surface area contributed by atoms with Crippen LogP contribution in [0.5, 0.6) is 5.75 Å². The molecule has 2 aromatic rings. The average Bonchev–Trinajstić information content (AvgIpc) is 3.32. The van der Waals surface area contributed by atoms with Crippen molar-refractivity contribution >= 4 is 17.5 Å². The maximum Gasteiger partial charge on any atom is 0.573 e. The third-order valence-corrected chi connectivity index (χ3v) is 6.49. The van der Waals surface area contributed by atoms with Crippen LogP contribution in [0.3, 0.4) is 0 Å². The summed E-state index contributed by atoms with van der Waals surface area (Å²) in [6.45, 7) is 5.37. The Labute approximate surface area is 207 Å². The van der Waals surface area contributed by atoms with Gasteiger partial charge in [0.2, 0.25) is 11.9 Å². The van der Waals surface area contributed by atoms with Crippen molar-refractivity contribution < 1.29 is 27.8 Å². The molecule has 0 saturated carbocycles. The van der Waals surface area contributed by atoms with Crippen LogP contribution in [0.25, 0.3) is 0 Å². The molecule has 12 heteroatoms. The molecule has 1 unspecified atom stereocenters. The molecular formula is C24H31F3N6O3. The fourth-order valence-corrected chi connectivity index (χ4v) is 4.54. The van der Waals surface area contributed by atoms with Gasteiger partial charge in [-0.1, -0.05) is 12.1 Å². The van der Waals surface area contributed by atoms with Crippen molar-refractivity contribution in [3.05, 3.63) is 42.2 Å². The number of aliphatic hydroxyl groups excluding tert-OH is 1. The number of nitrogens with zero attached hydrogens (tertiary/aromatic N) is 5. The molecule has 0 spiro atoms. The van der Waals surface area contributed by atoms with E-state index in [1.54, 1.807) is 18.5 Å². The second-order valence-electron chi connectivity index (χ2n) is 9.08. The van der Waals surface area contributed by atoms with E-state index in [1.165, 1.54) is 18.2 Å². The summed E-state index contributed by atoms with van der Waals surface area (Å²) in [5, 5.41) is 12.1. The van der Waals surface area contributed by atoms with Crippen LogP contribution in [0.2, 0.25) is 0 Å². The van der Waals surface area contributed by atoms with Gasteiger partial charge in [-0.05, 0) is 36.5 Å². The van der Waals surface area contributed by atoms with Gasteiger partial charge in [0.1, 0.15) is 5.75 Å². The van der Waals surface area contributed by atoms with Crippen LogP contribution >= 0.6 is 0 Å². The number of hydrogen-bond acceptors (Lipinski definition) is 8. The molecule has 1 aromatic carbocycles. The van der Waals surface area contributed by atoms with E-state index >= 15 is 0 Å². The number of halogens is 3. The zero-order chi connectivity index (χ0) is 25.5. The first-order chi connectivity index (χ1) is 17.3. The zero-order valence-electron chi connectivity index (χ0n) is 20.0. The highest BCUT2D eigenvalue weighted by atomic mass is 19.4. The van der Waals surface area contributed by atoms with Gasteiger partial charge in [-0.3, -0.25) is 9.69 Å². The average molecular weight is 509 g/mol. The number of ether oxygens (including phenoxy) is 1. The molecule has 2 fully saturated rings. The molecular weight excluding hydrogens is 477 g/mol. The van der Waals surface area contributed by atoms with Gasteiger partial charge < -0.3 is 25.0 Å². The van der Waals surface area contributed by atoms with E-state index in [9.17, 15) is 18.0 Å². The summed E-state index contributed by atoms with van der Waals surface area (Å²) >= 11 is 0. The van der Waals surface area contributed by atoms with Crippen molar-refractivity contribution in [2.45, 2.75) is 25.7 Å². The number of aromatic nitrogens is 2. The topological polar surface area (TPSA) is 94.1 Å². The summed E-state index contributed by atoms with van der Waals surface area (Å²) in [5.74, 6) is 0.653. The number of carbonyl (C=O) groups excluding carboxylic acids is 1. The van der Waals surface area contributed by atoms with Crippen molar-refractivity contribution in [2.75, 3.05) is 62.6 Å². The Hall–Kier alpha value is -3.12. The lowest BCUT2D eigenvalue weighted by molar-refractivity contribution is -0.274. The molecule has 196 valence electrons. The van der Waals surface area contributed by atoms with E-state index in [0.29, 0.717) is 24.0 Å². The van der Waals surface area contributed by atoms with Crippen LogP contribution in [0.1, 0.15) is 18.4 Å². The molecule has 1 aromatic heterocycles. The zero-order valence-corrected chi connectivity index (χ0v) is 20.0. The Bertz CT molecular complexity index is 999. The first kappa shape index (κ1) is 26.0. The van der Waals surface area contributed by atoms with E-state index in [-0.39, 0.29) is 24.8 Å². The lowest BCUT2D eigenvalue weighted by Gasteiger charge is -2.36. The molecule has 2 aliphatic rings. The minimum atomic E-state index is -4.73. The highest BCUT2D eigenvalue weighted by molar-refractivity contribution is 5.78. The molecule has 0 aliphatic carbocycles. The SMILES string of the molecule is O=C(CN1CCN(c2cnc(NCc3cccc(OC(F)(F)F)c3)nc2)CC1)N1CCC(CCO)C1. The number of benzene rings is 1. The molecule has 36 heavy (non-hydrogen) atoms. The fraction of sp³-hybridized carbons (Fsp3) is 0.542. The van der Waals surface area contributed by atoms with Gasteiger partial charge in [0.05, 0.1) is 24.6 Å². The van der Waals surface area contributed by atoms with Gasteiger partial charge >= 0.3 is 6.36 Å². The van der Waals surface area contributed by atoms with E-state index < -0.39 is 6.36 Å². The van der Waals surface area contributed by atoms with Crippen LogP contribution in [-0.2, 0) is 11.3 Å². The maximum absolute atomic E-state index is 12.6. The summed E-state index contributed by atoms with van der Waals surface area (Å²) in [7, 11) is 0. The molecule has 0 bridgehead atoms. The molecule has 1 amide bonds. The lowest BCUT2D eigenvalue weighted by Crippen LogP contribution is -2.50. The number of rotatable bonds is 9. The molecule has 4 rings (SSSR count). The van der Waals surface area contributed by atoms with E-state index in [2.05, 4.69) is 29.8 Å². The van der Waals surface area contributed by atoms with Crippen molar-refractivity contribution in [1.29, 1.82) is 0 Å². The number of alkyl halides is 3. The number of likely N-dealkylation sites (tertiary alicyclic amines) is 1. The standard InChI is InChI=1S/C24H31F3N6O3/c25-24(26,27)36-21-3-1-2-19(12-21)13-28-23-29-14-20(15-30-23)32-9-7-31(8-10-32)17-22(35)33-6-4-18(16-33)5-11-34/h1-3,12,14-15,18,34H,4-11,13,16-17H2,(H,28,29,30). The molecule has 2 N–H and O–H groups in total. The van der Waals surface area contributed by atoms with Crippen LogP contribution in [0, 0.1) is 5.92 Å². The summed E-state index contributed by atoms with van der Waals surface area (Å²) in [5.41, 5.74) is 1.48. The van der Waals surface area contributed by atoms with Gasteiger partial charge in [-0.2, -0.15) is 0 Å². The van der Waals surface area contributed by atoms with Gasteiger partial charge in [0.25, 0.3) is 0 Å². The summed E-state index contributed by atoms with van der Waals surface area (Å²) in [6.07, 6.45) is 0.409. The predicted molar refractivity (Wildman–Crippen MR) is 128 cm³/mol. The molecule has 2 saturated heterocycles. The first-order valence-corrected chi connectivity index (χ1v) is 12.1. The van der Waals surface area contributed by atoms with Crippen LogP contribution < -0.4 is 15.0 Å². The largest absolute Gasteiger partial charge is 0.573 e. The first-order valence-electron chi connectivity index (χ1n) is 12.1. The Balaban J connectivity index is 1.21. The number of carbonyl (C=O) groups is 1. The Morgan fingerprint density at radius 2 is 1.89 bits per heavy atom. The number of hydrogen-bond donors (Lipinski definition) is 2. The van der Waals surface area contributed by atoms with Crippen molar-refractivity contribution in [2.24, 2.45) is 5.92 Å². The van der Waals surface area contributed by atoms with Crippen molar-refractivity contribution in [3.8, 4) is 5.75 Å². The summed E-state index contributed by atoms with van der Waals surface area (Å²) in [4.78, 5) is 27.5. The Kier molecular flexibility index (Phi) is 8.47. The monoisotopic (exact) mass is 508 g/mol. The predicted octanol–water partition coefficient (Wildman–Crippen LogP) is 2.34. The minimum Gasteiger partial charge on any atom is -0.406 e. The fourth-order valence-electron chi connectivity index (χ4n) is 4.54. The van der Waals surface area contributed by atoms with Gasteiger partial charge in [0, 0.05) is 52.4 Å². The highest BCUT2D eigenvalue weighted by Gasteiger charge is 2.31. The molecule has 1 atom stereocenters. The minimum absolute atomic E-state index is 0.151. The number of aliphatic hydroxyl groups is 1. The Morgan fingerprint density at radius 3 is 2.58 bits per heavy atom. The van der Waals surface area contributed by atoms with Gasteiger partial charge in [0.15, 0.2) is 0 Å². The lowest BCUT2D eigenvalue weighted by atomic mass is 10.1. The number of anilines is 2. The maximum atomic E-state index is 12.6. The van der Waals surface area contributed by atoms with Gasteiger partial charge in [-0.15, -0.1) is 13.2 Å². The van der Waals surface area contributed by atoms with E-state index in [1.807, 2.05) is 4.90 Å². The number of piperazine rings is 1. The van der Waals surface area contributed by atoms with E-state index in [4.69, 9.17) is 5.11 Å². The smallest absolute Gasteiger partial charge is 0.406 e. The van der Waals surface area contributed by atoms with Crippen LogP contribution in [0.4, 0.5) is 24.8 Å². The molecule has 3 heterocycles. The second kappa shape index (κ2) is 11.7. The molecule has 9 nitrogen and oxygen atoms in total. The normalized spacial score (nSPS) is 18.9. The molecule has 2 aliphatic heterocycles. The van der Waals surface area contributed by atoms with Crippen molar-refractivity contribution in [1.82, 2.24) is 19.8 Å². The highest BCUT2D eigenvalue weighted by Crippen LogP contribution is 2.24. The van der Waals surface area contributed by atoms with E-state index in [0.717, 1.165) is 57.8 Å². The third kappa shape index (κ3) is 7.44. The van der Waals surface area contributed by atoms with Crippen LogP contribution in [0.15, 0.2) is 36.7 Å². The quantitative estimate of drug-likeness (QED) is 0.533. The second-order valence-corrected chi connectivity index (χ2v) is 9.08. The van der Waals surface area contributed by atoms with Crippen molar-refractivity contribution in [3.63, 3.8) is 0 Å².